The highest BCUT2D eigenvalue weighted by Crippen LogP contribution is 2.45. The van der Waals surface area contributed by atoms with E-state index in [1.807, 2.05) is 0 Å². The van der Waals surface area contributed by atoms with Crippen LogP contribution >= 0.6 is 15.6 Å². The van der Waals surface area contributed by atoms with E-state index in [1.165, 1.54) is 238 Å². The first-order valence-electron chi connectivity index (χ1n) is 43.7. The number of ether oxygens (including phenoxy) is 4. The Kier molecular flexibility index (Phi) is 72.5. The molecule has 3 unspecified atom stereocenters. The number of aliphatic hydroxyl groups excluding tert-OH is 1. The average molecular weight is 1520 g/mol. The van der Waals surface area contributed by atoms with Gasteiger partial charge in [-0.15, -0.1) is 0 Å². The molecule has 5 atom stereocenters. The van der Waals surface area contributed by atoms with Gasteiger partial charge in [0.2, 0.25) is 0 Å². The number of carbonyl (C=O) groups is 4. The summed E-state index contributed by atoms with van der Waals surface area (Å²) in [6.07, 6.45) is 62.7. The molecule has 0 rings (SSSR count). The summed E-state index contributed by atoms with van der Waals surface area (Å²) in [4.78, 5) is 73.1. The summed E-state index contributed by atoms with van der Waals surface area (Å²) in [5.74, 6) is 0.981. The van der Waals surface area contributed by atoms with Crippen molar-refractivity contribution in [2.24, 2.45) is 23.7 Å². The van der Waals surface area contributed by atoms with Gasteiger partial charge in [-0.25, -0.2) is 9.13 Å². The van der Waals surface area contributed by atoms with Gasteiger partial charge >= 0.3 is 39.5 Å². The van der Waals surface area contributed by atoms with E-state index < -0.39 is 97.5 Å². The Balaban J connectivity index is 5.20. The maximum absolute atomic E-state index is 13.1. The second-order valence-corrected chi connectivity index (χ2v) is 35.4. The molecule has 618 valence electrons. The highest BCUT2D eigenvalue weighted by atomic mass is 31.2. The van der Waals surface area contributed by atoms with E-state index in [2.05, 4.69) is 55.4 Å². The smallest absolute Gasteiger partial charge is 0.462 e. The number of phosphoric acid groups is 2. The third kappa shape index (κ3) is 78.2. The maximum atomic E-state index is 13.1. The first-order valence-corrected chi connectivity index (χ1v) is 46.7. The lowest BCUT2D eigenvalue weighted by molar-refractivity contribution is -0.161. The van der Waals surface area contributed by atoms with Gasteiger partial charge in [0.15, 0.2) is 12.2 Å². The van der Waals surface area contributed by atoms with Crippen molar-refractivity contribution >= 4 is 39.5 Å². The molecule has 0 aromatic heterocycles. The van der Waals surface area contributed by atoms with E-state index in [4.69, 9.17) is 37.0 Å². The fourth-order valence-electron chi connectivity index (χ4n) is 13.1. The van der Waals surface area contributed by atoms with Crippen molar-refractivity contribution in [3.05, 3.63) is 0 Å². The number of hydrogen-bond donors (Lipinski definition) is 3. The van der Waals surface area contributed by atoms with Gasteiger partial charge in [-0.05, 0) is 49.4 Å². The molecule has 104 heavy (non-hydrogen) atoms. The van der Waals surface area contributed by atoms with E-state index in [-0.39, 0.29) is 25.7 Å². The van der Waals surface area contributed by atoms with Gasteiger partial charge in [0.1, 0.15) is 19.3 Å². The van der Waals surface area contributed by atoms with Crippen LogP contribution in [0.25, 0.3) is 0 Å². The lowest BCUT2D eigenvalue weighted by Crippen LogP contribution is -2.30. The Bertz CT molecular complexity index is 2020. The molecule has 0 aliphatic rings. The number of hydrogen-bond acceptors (Lipinski definition) is 15. The molecule has 0 aliphatic heterocycles. The van der Waals surface area contributed by atoms with Crippen LogP contribution in [0.4, 0.5) is 0 Å². The van der Waals surface area contributed by atoms with Gasteiger partial charge in [-0.2, -0.15) is 0 Å². The van der Waals surface area contributed by atoms with Crippen LogP contribution in [-0.4, -0.2) is 96.7 Å². The van der Waals surface area contributed by atoms with Crippen molar-refractivity contribution in [1.29, 1.82) is 0 Å². The van der Waals surface area contributed by atoms with E-state index in [0.717, 1.165) is 114 Å². The summed E-state index contributed by atoms with van der Waals surface area (Å²) in [6, 6.07) is 0. The molecular weight excluding hydrogens is 1350 g/mol. The van der Waals surface area contributed by atoms with E-state index in [0.29, 0.717) is 31.6 Å². The van der Waals surface area contributed by atoms with Crippen molar-refractivity contribution < 1.29 is 80.2 Å². The number of rotatable bonds is 82. The van der Waals surface area contributed by atoms with Crippen molar-refractivity contribution in [2.75, 3.05) is 39.6 Å². The highest BCUT2D eigenvalue weighted by Gasteiger charge is 2.30. The number of carbonyl (C=O) groups excluding carboxylic acids is 4. The van der Waals surface area contributed by atoms with Crippen molar-refractivity contribution in [3.8, 4) is 0 Å². The van der Waals surface area contributed by atoms with Crippen LogP contribution < -0.4 is 0 Å². The van der Waals surface area contributed by atoms with Crippen LogP contribution in [0, 0.1) is 23.7 Å². The summed E-state index contributed by atoms with van der Waals surface area (Å²) < 4.78 is 68.8. The number of esters is 4. The largest absolute Gasteiger partial charge is 0.472 e. The second-order valence-electron chi connectivity index (χ2n) is 32.5. The molecule has 0 spiro atoms. The van der Waals surface area contributed by atoms with Crippen molar-refractivity contribution in [1.82, 2.24) is 0 Å². The zero-order valence-corrected chi connectivity index (χ0v) is 70.5. The van der Waals surface area contributed by atoms with Gasteiger partial charge in [-0.3, -0.25) is 37.3 Å². The first kappa shape index (κ1) is 102. The first-order chi connectivity index (χ1) is 50.1. The third-order valence-electron chi connectivity index (χ3n) is 19.8. The molecule has 19 heteroatoms. The van der Waals surface area contributed by atoms with E-state index in [9.17, 15) is 43.2 Å². The van der Waals surface area contributed by atoms with Crippen LogP contribution in [0.3, 0.4) is 0 Å². The highest BCUT2D eigenvalue weighted by molar-refractivity contribution is 7.47. The van der Waals surface area contributed by atoms with Crippen molar-refractivity contribution in [3.63, 3.8) is 0 Å². The van der Waals surface area contributed by atoms with Crippen LogP contribution in [0.5, 0.6) is 0 Å². The van der Waals surface area contributed by atoms with Crippen LogP contribution in [-0.2, 0) is 65.4 Å². The van der Waals surface area contributed by atoms with Crippen LogP contribution in [0.2, 0.25) is 0 Å². The predicted octanol–water partition coefficient (Wildman–Crippen LogP) is 25.6. The Morgan fingerprint density at radius 1 is 0.240 bits per heavy atom. The maximum Gasteiger partial charge on any atom is 0.472 e. The fourth-order valence-corrected chi connectivity index (χ4v) is 14.7. The molecule has 0 aliphatic carbocycles. The standard InChI is InChI=1S/C85H166O17P2/c1-75(2)61-53-45-37-31-25-19-14-11-9-10-12-16-22-28-34-40-49-57-65-82(87)95-71-80(101-84(89)68-60-52-42-36-30-24-18-21-27-33-39-47-55-63-77(5)6)73-99-103(91,92)97-69-79(86)70-98-104(93,94)100-74-81(72-96-83(88)66-58-50-44-43-48-56-64-78(7)8)102-85(90)67-59-51-41-35-29-23-17-13-15-20-26-32-38-46-54-62-76(3)4/h75-81,86H,9-74H2,1-8H3,(H,91,92)(H,93,94)/t79?,80-,81-/m1/s1. The molecule has 0 amide bonds. The summed E-state index contributed by atoms with van der Waals surface area (Å²) in [5.41, 5.74) is 0. The molecule has 0 saturated carbocycles. The lowest BCUT2D eigenvalue weighted by atomic mass is 10.0. The monoisotopic (exact) mass is 1520 g/mol. The second kappa shape index (κ2) is 73.8. The topological polar surface area (TPSA) is 237 Å². The van der Waals surface area contributed by atoms with Gasteiger partial charge < -0.3 is 33.8 Å². The van der Waals surface area contributed by atoms with E-state index >= 15 is 0 Å². The summed E-state index contributed by atoms with van der Waals surface area (Å²) in [6.45, 7) is 14.3. The zero-order valence-electron chi connectivity index (χ0n) is 68.7. The summed E-state index contributed by atoms with van der Waals surface area (Å²) in [7, 11) is -9.93. The molecule has 0 heterocycles. The quantitative estimate of drug-likeness (QED) is 0.0222. The molecule has 0 radical (unpaired) electrons. The normalized spacial score (nSPS) is 14.0. The molecular formula is C85H166O17P2. The Morgan fingerprint density at radius 3 is 0.596 bits per heavy atom. The zero-order chi connectivity index (χ0) is 76.7. The predicted molar refractivity (Wildman–Crippen MR) is 428 cm³/mol. The lowest BCUT2D eigenvalue weighted by Gasteiger charge is -2.21. The average Bonchev–Trinajstić information content (AvgIpc) is 0.903. The van der Waals surface area contributed by atoms with Crippen LogP contribution in [0.15, 0.2) is 0 Å². The van der Waals surface area contributed by atoms with Gasteiger partial charge in [0, 0.05) is 25.7 Å². The van der Waals surface area contributed by atoms with Crippen LogP contribution in [0.1, 0.15) is 441 Å². The fraction of sp³-hybridized carbons (Fsp3) is 0.953. The molecule has 17 nitrogen and oxygen atoms in total. The minimum Gasteiger partial charge on any atom is -0.462 e. The molecule has 0 aromatic rings. The summed E-state index contributed by atoms with van der Waals surface area (Å²) in [5, 5.41) is 10.7. The number of unbranched alkanes of at least 4 members (excludes halogenated alkanes) is 48. The minimum atomic E-state index is -4.97. The Labute approximate surface area is 638 Å². The molecule has 3 N–H and O–H groups in total. The molecule has 0 bridgehead atoms. The molecule has 0 saturated heterocycles. The van der Waals surface area contributed by atoms with Gasteiger partial charge in [-0.1, -0.05) is 389 Å². The summed E-state index contributed by atoms with van der Waals surface area (Å²) >= 11 is 0. The Hall–Kier alpha value is -1.94. The SMILES string of the molecule is CC(C)CCCCCCCCCCCCCCCCCCCCC(=O)OC[C@H](COP(=O)(O)OCC(O)COP(=O)(O)OC[C@@H](COC(=O)CCCCCCCCC(C)C)OC(=O)CCCCCCCCCCCCCCCCCC(C)C)OC(=O)CCCCCCCCCCCCCCCC(C)C. The van der Waals surface area contributed by atoms with Gasteiger partial charge in [0.25, 0.3) is 0 Å². The Morgan fingerprint density at radius 2 is 0.404 bits per heavy atom. The minimum absolute atomic E-state index is 0.106. The number of phosphoric ester groups is 2. The third-order valence-corrected chi connectivity index (χ3v) is 21.7. The molecule has 0 fully saturated rings. The van der Waals surface area contributed by atoms with Gasteiger partial charge in [0.05, 0.1) is 26.4 Å². The number of aliphatic hydroxyl groups is 1. The van der Waals surface area contributed by atoms with Crippen molar-refractivity contribution in [2.45, 2.75) is 459 Å². The molecule has 0 aromatic carbocycles. The van der Waals surface area contributed by atoms with E-state index in [1.54, 1.807) is 0 Å².